The lowest BCUT2D eigenvalue weighted by molar-refractivity contribution is -0.144. The van der Waals surface area contributed by atoms with Gasteiger partial charge in [-0.25, -0.2) is 0 Å². The standard InChI is InChI=1S/C23H34Cl2O4/c1-2-3-4-9-12-18-28-21(26)16-10-7-5-6-8-11-17-22(27)29-20-15-13-14-19(24)23(20)25/h13-15H,2-12,16-18H2,1H3. The zero-order valence-corrected chi connectivity index (χ0v) is 19.0. The zero-order valence-electron chi connectivity index (χ0n) is 17.5. The number of hydrogen-bond donors (Lipinski definition) is 0. The molecule has 1 aromatic carbocycles. The molecule has 0 amide bonds. The smallest absolute Gasteiger partial charge is 0.311 e. The largest absolute Gasteiger partial charge is 0.466 e. The van der Waals surface area contributed by atoms with Crippen LogP contribution in [0.15, 0.2) is 18.2 Å². The molecule has 4 nitrogen and oxygen atoms in total. The molecule has 0 aliphatic carbocycles. The van der Waals surface area contributed by atoms with Gasteiger partial charge in [-0.1, -0.05) is 87.6 Å². The van der Waals surface area contributed by atoms with Crippen LogP contribution in [0.25, 0.3) is 0 Å². The van der Waals surface area contributed by atoms with Crippen LogP contribution in [0.3, 0.4) is 0 Å². The number of halogens is 2. The van der Waals surface area contributed by atoms with E-state index in [0.29, 0.717) is 30.2 Å². The predicted molar refractivity (Wildman–Crippen MR) is 119 cm³/mol. The maximum atomic E-state index is 11.9. The third kappa shape index (κ3) is 12.8. The van der Waals surface area contributed by atoms with Crippen molar-refractivity contribution in [2.45, 2.75) is 90.4 Å². The van der Waals surface area contributed by atoms with Crippen LogP contribution >= 0.6 is 23.2 Å². The number of carbonyl (C=O) groups is 2. The highest BCUT2D eigenvalue weighted by Crippen LogP contribution is 2.31. The number of ether oxygens (including phenoxy) is 2. The fraction of sp³-hybridized carbons (Fsp3) is 0.652. The van der Waals surface area contributed by atoms with Gasteiger partial charge in [0.1, 0.15) is 5.02 Å². The number of unbranched alkanes of at least 4 members (excludes halogenated alkanes) is 9. The molecule has 0 spiro atoms. The molecule has 6 heteroatoms. The van der Waals surface area contributed by atoms with E-state index in [4.69, 9.17) is 32.7 Å². The zero-order chi connectivity index (χ0) is 21.3. The summed E-state index contributed by atoms with van der Waals surface area (Å²) in [6.45, 7) is 2.74. The lowest BCUT2D eigenvalue weighted by atomic mass is 10.1. The van der Waals surface area contributed by atoms with E-state index in [1.165, 1.54) is 19.3 Å². The van der Waals surface area contributed by atoms with E-state index in [1.807, 2.05) is 0 Å². The van der Waals surface area contributed by atoms with Crippen LogP contribution in [0.5, 0.6) is 5.75 Å². The second kappa shape index (κ2) is 16.5. The summed E-state index contributed by atoms with van der Waals surface area (Å²) < 4.78 is 10.5. The van der Waals surface area contributed by atoms with Crippen LogP contribution < -0.4 is 4.74 Å². The number of carbonyl (C=O) groups excluding carboxylic acids is 2. The molecule has 0 unspecified atom stereocenters. The van der Waals surface area contributed by atoms with Gasteiger partial charge in [-0.15, -0.1) is 0 Å². The van der Waals surface area contributed by atoms with Crippen LogP contribution in [0.4, 0.5) is 0 Å². The topological polar surface area (TPSA) is 52.6 Å². The summed E-state index contributed by atoms with van der Waals surface area (Å²) in [5.41, 5.74) is 0. The SMILES string of the molecule is CCCCCCCOC(=O)CCCCCCCCC(=O)Oc1cccc(Cl)c1Cl. The molecule has 0 aliphatic rings. The highest BCUT2D eigenvalue weighted by molar-refractivity contribution is 6.43. The van der Waals surface area contributed by atoms with Crippen molar-refractivity contribution < 1.29 is 19.1 Å². The first-order valence-corrected chi connectivity index (χ1v) is 11.6. The quantitative estimate of drug-likeness (QED) is 0.150. The minimum Gasteiger partial charge on any atom is -0.466 e. The molecule has 0 bridgehead atoms. The summed E-state index contributed by atoms with van der Waals surface area (Å²) in [4.78, 5) is 23.5. The Kier molecular flexibility index (Phi) is 14.7. The molecule has 0 aliphatic heterocycles. The van der Waals surface area contributed by atoms with Gasteiger partial charge in [-0.05, 0) is 31.4 Å². The van der Waals surface area contributed by atoms with Gasteiger partial charge in [0.05, 0.1) is 11.6 Å². The Labute approximate surface area is 185 Å². The summed E-state index contributed by atoms with van der Waals surface area (Å²) in [6.07, 6.45) is 12.4. The third-order valence-electron chi connectivity index (χ3n) is 4.66. The minimum atomic E-state index is -0.299. The summed E-state index contributed by atoms with van der Waals surface area (Å²) in [6, 6.07) is 4.97. The average Bonchev–Trinajstić information content (AvgIpc) is 2.70. The molecular weight excluding hydrogens is 411 g/mol. The molecule has 1 rings (SSSR count). The molecule has 0 aromatic heterocycles. The highest BCUT2D eigenvalue weighted by atomic mass is 35.5. The van der Waals surface area contributed by atoms with Crippen molar-refractivity contribution in [1.29, 1.82) is 0 Å². The maximum Gasteiger partial charge on any atom is 0.311 e. The first-order chi connectivity index (χ1) is 14.0. The summed E-state index contributed by atoms with van der Waals surface area (Å²) in [5, 5.41) is 0.630. The molecular formula is C23H34Cl2O4. The van der Waals surface area contributed by atoms with Gasteiger partial charge < -0.3 is 9.47 Å². The molecule has 0 radical (unpaired) electrons. The lowest BCUT2D eigenvalue weighted by Crippen LogP contribution is -2.07. The Morgan fingerprint density at radius 1 is 0.793 bits per heavy atom. The van der Waals surface area contributed by atoms with Crippen molar-refractivity contribution in [2.75, 3.05) is 6.61 Å². The molecule has 29 heavy (non-hydrogen) atoms. The number of benzene rings is 1. The Morgan fingerprint density at radius 3 is 2.07 bits per heavy atom. The van der Waals surface area contributed by atoms with Gasteiger partial charge in [0.2, 0.25) is 0 Å². The fourth-order valence-electron chi connectivity index (χ4n) is 2.95. The van der Waals surface area contributed by atoms with Crippen molar-refractivity contribution in [1.82, 2.24) is 0 Å². The van der Waals surface area contributed by atoms with E-state index in [1.54, 1.807) is 18.2 Å². The molecule has 0 saturated carbocycles. The molecule has 0 atom stereocenters. The van der Waals surface area contributed by atoms with Gasteiger partial charge in [-0.3, -0.25) is 9.59 Å². The first-order valence-electron chi connectivity index (χ1n) is 10.8. The van der Waals surface area contributed by atoms with Crippen LogP contribution in [-0.4, -0.2) is 18.5 Å². The van der Waals surface area contributed by atoms with E-state index < -0.39 is 0 Å². The molecule has 164 valence electrons. The minimum absolute atomic E-state index is 0.0806. The summed E-state index contributed by atoms with van der Waals surface area (Å²) in [7, 11) is 0. The number of hydrogen-bond acceptors (Lipinski definition) is 4. The Hall–Kier alpha value is -1.26. The van der Waals surface area contributed by atoms with Crippen molar-refractivity contribution in [3.05, 3.63) is 28.2 Å². The van der Waals surface area contributed by atoms with E-state index in [-0.39, 0.29) is 17.0 Å². The average molecular weight is 445 g/mol. The van der Waals surface area contributed by atoms with E-state index in [9.17, 15) is 9.59 Å². The molecule has 0 fully saturated rings. The predicted octanol–water partition coefficient (Wildman–Crippen LogP) is 7.53. The second-order valence-electron chi connectivity index (χ2n) is 7.28. The van der Waals surface area contributed by atoms with Crippen LogP contribution in [0.2, 0.25) is 10.0 Å². The molecule has 0 heterocycles. The fourth-order valence-corrected chi connectivity index (χ4v) is 3.28. The highest BCUT2D eigenvalue weighted by Gasteiger charge is 2.10. The Balaban J connectivity index is 1.94. The van der Waals surface area contributed by atoms with Crippen molar-refractivity contribution in [3.8, 4) is 5.75 Å². The Bertz CT molecular complexity index is 605. The first kappa shape index (κ1) is 25.8. The lowest BCUT2D eigenvalue weighted by Gasteiger charge is -2.07. The number of esters is 2. The van der Waals surface area contributed by atoms with Crippen molar-refractivity contribution in [2.24, 2.45) is 0 Å². The van der Waals surface area contributed by atoms with Gasteiger partial charge >= 0.3 is 11.9 Å². The van der Waals surface area contributed by atoms with E-state index >= 15 is 0 Å². The normalized spacial score (nSPS) is 10.7. The van der Waals surface area contributed by atoms with E-state index in [0.717, 1.165) is 51.4 Å². The number of rotatable bonds is 16. The van der Waals surface area contributed by atoms with Crippen LogP contribution in [-0.2, 0) is 14.3 Å². The molecule has 1 aromatic rings. The van der Waals surface area contributed by atoms with Gasteiger partial charge in [-0.2, -0.15) is 0 Å². The summed E-state index contributed by atoms with van der Waals surface area (Å²) >= 11 is 11.9. The Morgan fingerprint density at radius 2 is 1.38 bits per heavy atom. The van der Waals surface area contributed by atoms with Crippen molar-refractivity contribution >= 4 is 35.1 Å². The van der Waals surface area contributed by atoms with Crippen LogP contribution in [0, 0.1) is 0 Å². The van der Waals surface area contributed by atoms with Gasteiger partial charge in [0.25, 0.3) is 0 Å². The van der Waals surface area contributed by atoms with Crippen molar-refractivity contribution in [3.63, 3.8) is 0 Å². The second-order valence-corrected chi connectivity index (χ2v) is 8.07. The monoisotopic (exact) mass is 444 g/mol. The third-order valence-corrected chi connectivity index (χ3v) is 5.46. The molecule has 0 N–H and O–H groups in total. The van der Waals surface area contributed by atoms with E-state index in [2.05, 4.69) is 6.92 Å². The van der Waals surface area contributed by atoms with Gasteiger partial charge in [0, 0.05) is 12.8 Å². The maximum absolute atomic E-state index is 11.9. The summed E-state index contributed by atoms with van der Waals surface area (Å²) in [5.74, 6) is -0.0773. The van der Waals surface area contributed by atoms with Crippen LogP contribution in [0.1, 0.15) is 90.4 Å². The van der Waals surface area contributed by atoms with Gasteiger partial charge in [0.15, 0.2) is 5.75 Å². The molecule has 0 saturated heterocycles.